The van der Waals surface area contributed by atoms with Gasteiger partial charge in [-0.3, -0.25) is 5.10 Å². The van der Waals surface area contributed by atoms with E-state index in [1.54, 1.807) is 18.6 Å². The molecule has 0 aliphatic carbocycles. The second-order valence-corrected chi connectivity index (χ2v) is 6.02. The van der Waals surface area contributed by atoms with Crippen LogP contribution < -0.4 is 0 Å². The number of oxazole rings is 1. The molecule has 0 fully saturated rings. The first kappa shape index (κ1) is 14.1. The van der Waals surface area contributed by atoms with E-state index in [1.165, 1.54) is 4.68 Å². The summed E-state index contributed by atoms with van der Waals surface area (Å²) in [7, 11) is 0. The Morgan fingerprint density at radius 1 is 1.28 bits per heavy atom. The van der Waals surface area contributed by atoms with Crippen molar-refractivity contribution in [2.45, 2.75) is 19.6 Å². The average molecular weight is 334 g/mol. The molecule has 8 nitrogen and oxygen atoms in total. The summed E-state index contributed by atoms with van der Waals surface area (Å²) in [5, 5.41) is 22.7. The molecule has 3 aromatic heterocycles. The maximum absolute atomic E-state index is 10.5. The van der Waals surface area contributed by atoms with E-state index >= 15 is 0 Å². The number of H-pyrrole nitrogens is 1. The second-order valence-electron chi connectivity index (χ2n) is 6.02. The van der Waals surface area contributed by atoms with Gasteiger partial charge in [-0.25, -0.2) is 14.7 Å². The van der Waals surface area contributed by atoms with Gasteiger partial charge in [0.05, 0.1) is 29.8 Å². The molecule has 0 amide bonds. The van der Waals surface area contributed by atoms with Gasteiger partial charge in [0.2, 0.25) is 5.89 Å². The molecule has 1 unspecified atom stereocenters. The largest absolute Gasteiger partial charge is 0.441 e. The fraction of sp³-hybridized carbons (Fsp3) is 0.176. The topological polar surface area (TPSA) is 105 Å². The van der Waals surface area contributed by atoms with Crippen molar-refractivity contribution in [3.8, 4) is 11.5 Å². The van der Waals surface area contributed by atoms with E-state index in [9.17, 15) is 5.11 Å². The van der Waals surface area contributed by atoms with E-state index in [4.69, 9.17) is 9.41 Å². The zero-order chi connectivity index (χ0) is 17.0. The summed E-state index contributed by atoms with van der Waals surface area (Å²) >= 11 is 0. The number of hydrogen-bond acceptors (Lipinski definition) is 6. The predicted molar refractivity (Wildman–Crippen MR) is 90.6 cm³/mol. The Morgan fingerprint density at radius 3 is 3.04 bits per heavy atom. The quantitative estimate of drug-likeness (QED) is 0.586. The van der Waals surface area contributed by atoms with Crippen LogP contribution >= 0.6 is 0 Å². The Bertz CT molecular complexity index is 1120. The molecular formula is C17H14N6O2. The predicted octanol–water partition coefficient (Wildman–Crippen LogP) is 2.74. The molecule has 124 valence electrons. The standard InChI is InChI=1S/C17H14N6O2/c1-9-6-18-17(25-9)12-8-20-23-15(24)5-14(21-16(12)23)10-2-3-13-11(4-10)7-19-22-13/h2-4,6-8,15,24H,5H2,1H3,(H,19,22). The van der Waals surface area contributed by atoms with Crippen molar-refractivity contribution in [1.82, 2.24) is 25.0 Å². The normalized spacial score (nSPS) is 16.9. The van der Waals surface area contributed by atoms with Gasteiger partial charge in [0.1, 0.15) is 11.3 Å². The lowest BCUT2D eigenvalue weighted by Crippen LogP contribution is -2.19. The van der Waals surface area contributed by atoms with Gasteiger partial charge in [-0.05, 0) is 24.6 Å². The van der Waals surface area contributed by atoms with Gasteiger partial charge >= 0.3 is 0 Å². The molecule has 0 bridgehead atoms. The molecule has 0 radical (unpaired) electrons. The maximum Gasteiger partial charge on any atom is 0.231 e. The summed E-state index contributed by atoms with van der Waals surface area (Å²) in [6.45, 7) is 1.83. The molecule has 1 aliphatic heterocycles. The number of aliphatic hydroxyl groups excluding tert-OH is 1. The van der Waals surface area contributed by atoms with Crippen molar-refractivity contribution >= 4 is 22.4 Å². The molecule has 0 spiro atoms. The Labute approximate surface area is 141 Å². The van der Waals surface area contributed by atoms with Gasteiger partial charge in [0.15, 0.2) is 12.0 Å². The number of hydrogen-bond donors (Lipinski definition) is 2. The number of aromatic amines is 1. The molecule has 1 aliphatic rings. The lowest BCUT2D eigenvalue weighted by atomic mass is 10.0. The smallest absolute Gasteiger partial charge is 0.231 e. The van der Waals surface area contributed by atoms with Crippen molar-refractivity contribution in [3.63, 3.8) is 0 Å². The van der Waals surface area contributed by atoms with Crippen molar-refractivity contribution in [3.05, 3.63) is 48.1 Å². The molecule has 4 aromatic rings. The number of rotatable bonds is 2. The zero-order valence-electron chi connectivity index (χ0n) is 13.3. The van der Waals surface area contributed by atoms with Crippen molar-refractivity contribution in [2.75, 3.05) is 0 Å². The monoisotopic (exact) mass is 334 g/mol. The third-order valence-electron chi connectivity index (χ3n) is 4.29. The van der Waals surface area contributed by atoms with Crippen LogP contribution in [0.15, 0.2) is 46.2 Å². The fourth-order valence-corrected chi connectivity index (χ4v) is 3.05. The minimum absolute atomic E-state index is 0.377. The van der Waals surface area contributed by atoms with Crippen LogP contribution in [0.2, 0.25) is 0 Å². The lowest BCUT2D eigenvalue weighted by molar-refractivity contribution is 0.0976. The van der Waals surface area contributed by atoms with Crippen molar-refractivity contribution < 1.29 is 9.52 Å². The van der Waals surface area contributed by atoms with Crippen LogP contribution in [0, 0.1) is 6.92 Å². The van der Waals surface area contributed by atoms with Gasteiger partial charge in [0.25, 0.3) is 0 Å². The van der Waals surface area contributed by atoms with Crippen LogP contribution in [-0.2, 0) is 0 Å². The van der Waals surface area contributed by atoms with Crippen LogP contribution in [0.25, 0.3) is 22.4 Å². The van der Waals surface area contributed by atoms with Gasteiger partial charge in [0, 0.05) is 11.8 Å². The average Bonchev–Trinajstić information content (AvgIpc) is 3.32. The molecule has 2 N–H and O–H groups in total. The molecule has 4 heterocycles. The molecule has 25 heavy (non-hydrogen) atoms. The first-order valence-corrected chi connectivity index (χ1v) is 7.88. The summed E-state index contributed by atoms with van der Waals surface area (Å²) in [5.41, 5.74) is 3.35. The fourth-order valence-electron chi connectivity index (χ4n) is 3.05. The highest BCUT2D eigenvalue weighted by Crippen LogP contribution is 2.36. The number of nitrogens with zero attached hydrogens (tertiary/aromatic N) is 5. The second kappa shape index (κ2) is 5.12. The van der Waals surface area contributed by atoms with E-state index in [0.29, 0.717) is 29.5 Å². The molecule has 0 saturated heterocycles. The number of benzene rings is 1. The number of fused-ring (bicyclic) bond motifs is 2. The number of aliphatic imine (C=N–C) groups is 1. The van der Waals surface area contributed by atoms with Gasteiger partial charge in [-0.15, -0.1) is 0 Å². The summed E-state index contributed by atoms with van der Waals surface area (Å²) in [4.78, 5) is 8.97. The number of aryl methyl sites for hydroxylation is 1. The van der Waals surface area contributed by atoms with Crippen LogP contribution in [0.4, 0.5) is 5.82 Å². The Hall–Kier alpha value is -3.26. The summed E-state index contributed by atoms with van der Waals surface area (Å²) in [6, 6.07) is 5.93. The Morgan fingerprint density at radius 2 is 2.20 bits per heavy atom. The van der Waals surface area contributed by atoms with Crippen LogP contribution in [0.1, 0.15) is 24.0 Å². The van der Waals surface area contributed by atoms with E-state index in [1.807, 2.05) is 25.1 Å². The highest BCUT2D eigenvalue weighted by atomic mass is 16.4. The molecule has 1 atom stereocenters. The van der Waals surface area contributed by atoms with Gasteiger partial charge in [-0.2, -0.15) is 10.2 Å². The number of aliphatic hydroxyl groups is 1. The Kier molecular flexibility index (Phi) is 2.89. The first-order valence-electron chi connectivity index (χ1n) is 7.88. The highest BCUT2D eigenvalue weighted by Gasteiger charge is 2.26. The van der Waals surface area contributed by atoms with E-state index in [-0.39, 0.29) is 0 Å². The third kappa shape index (κ3) is 2.18. The summed E-state index contributed by atoms with van der Waals surface area (Å²) < 4.78 is 7.08. The third-order valence-corrected chi connectivity index (χ3v) is 4.29. The van der Waals surface area contributed by atoms with Crippen LogP contribution in [0.5, 0.6) is 0 Å². The van der Waals surface area contributed by atoms with Crippen LogP contribution in [0.3, 0.4) is 0 Å². The van der Waals surface area contributed by atoms with Crippen LogP contribution in [-0.4, -0.2) is 35.8 Å². The molecular weight excluding hydrogens is 320 g/mol. The van der Waals surface area contributed by atoms with Crippen molar-refractivity contribution in [2.24, 2.45) is 4.99 Å². The maximum atomic E-state index is 10.5. The van der Waals surface area contributed by atoms with Gasteiger partial charge < -0.3 is 9.52 Å². The number of aromatic nitrogens is 5. The molecule has 8 heteroatoms. The molecule has 0 saturated carbocycles. The highest BCUT2D eigenvalue weighted by molar-refractivity contribution is 6.05. The van der Waals surface area contributed by atoms with Gasteiger partial charge in [-0.1, -0.05) is 6.07 Å². The Balaban J connectivity index is 1.65. The van der Waals surface area contributed by atoms with E-state index in [0.717, 1.165) is 22.2 Å². The first-order chi connectivity index (χ1) is 12.2. The van der Waals surface area contributed by atoms with Crippen molar-refractivity contribution in [1.29, 1.82) is 0 Å². The number of nitrogens with one attached hydrogen (secondary N) is 1. The summed E-state index contributed by atoms with van der Waals surface area (Å²) in [6.07, 6.45) is 4.63. The zero-order valence-corrected chi connectivity index (χ0v) is 13.3. The SMILES string of the molecule is Cc1cnc(-c2cnn3c2N=C(c2ccc4[nH]ncc4c2)CC3O)o1. The molecule has 1 aromatic carbocycles. The van der Waals surface area contributed by atoms with E-state index in [2.05, 4.69) is 20.3 Å². The summed E-state index contributed by atoms with van der Waals surface area (Å²) in [5.74, 6) is 1.70. The molecule has 5 rings (SSSR count). The lowest BCUT2D eigenvalue weighted by Gasteiger charge is -2.20. The minimum Gasteiger partial charge on any atom is -0.441 e. The minimum atomic E-state index is -0.785. The van der Waals surface area contributed by atoms with E-state index < -0.39 is 6.23 Å².